The third kappa shape index (κ3) is 1.55. The number of sulfone groups is 1. The third-order valence-corrected chi connectivity index (χ3v) is 2.97. The average Bonchev–Trinajstić information content (AvgIpc) is 2.10. The van der Waals surface area contributed by atoms with E-state index in [0.29, 0.717) is 5.75 Å². The Balaban J connectivity index is 2.85. The molecule has 0 aliphatic carbocycles. The summed E-state index contributed by atoms with van der Waals surface area (Å²) in [7, 11) is -2.77. The molecule has 1 aliphatic heterocycles. The van der Waals surface area contributed by atoms with Crippen molar-refractivity contribution in [1.29, 1.82) is 0 Å². The quantitative estimate of drug-likeness (QED) is 0.555. The molecule has 2 nitrogen and oxygen atoms in total. The zero-order valence-corrected chi connectivity index (χ0v) is 6.24. The SMILES string of the molecule is CCC1=CS(=O)(=O)CC1. The lowest BCUT2D eigenvalue weighted by Gasteiger charge is -1.86. The van der Waals surface area contributed by atoms with E-state index in [0.717, 1.165) is 18.4 Å². The molecule has 0 radical (unpaired) electrons. The van der Waals surface area contributed by atoms with Crippen molar-refractivity contribution >= 4 is 9.84 Å². The summed E-state index contributed by atoms with van der Waals surface area (Å²) in [6, 6.07) is 0. The zero-order valence-electron chi connectivity index (χ0n) is 5.42. The highest BCUT2D eigenvalue weighted by molar-refractivity contribution is 7.94. The van der Waals surface area contributed by atoms with Crippen molar-refractivity contribution in [3.63, 3.8) is 0 Å². The highest BCUT2D eigenvalue weighted by Crippen LogP contribution is 2.18. The molecule has 0 bridgehead atoms. The standard InChI is InChI=1S/C6H10O2S/c1-2-6-3-4-9(7,8)5-6/h5H,2-4H2,1H3. The van der Waals surface area contributed by atoms with Crippen molar-refractivity contribution < 1.29 is 8.42 Å². The molecule has 1 aliphatic rings. The molecule has 0 unspecified atom stereocenters. The lowest BCUT2D eigenvalue weighted by atomic mass is 10.2. The summed E-state index contributed by atoms with van der Waals surface area (Å²) in [5.74, 6) is 0.330. The fourth-order valence-corrected chi connectivity index (χ4v) is 2.36. The molecular weight excluding hydrogens is 136 g/mol. The molecule has 1 rings (SSSR count). The number of hydrogen-bond donors (Lipinski definition) is 0. The Hall–Kier alpha value is -0.310. The summed E-state index contributed by atoms with van der Waals surface area (Å²) >= 11 is 0. The minimum Gasteiger partial charge on any atom is -0.224 e. The van der Waals surface area contributed by atoms with E-state index in [1.54, 1.807) is 0 Å². The van der Waals surface area contributed by atoms with Crippen LogP contribution in [0.2, 0.25) is 0 Å². The van der Waals surface area contributed by atoms with Gasteiger partial charge in [-0.2, -0.15) is 0 Å². The number of hydrogen-bond acceptors (Lipinski definition) is 2. The topological polar surface area (TPSA) is 34.1 Å². The maximum absolute atomic E-state index is 10.7. The van der Waals surface area contributed by atoms with Crippen molar-refractivity contribution in [1.82, 2.24) is 0 Å². The smallest absolute Gasteiger partial charge is 0.171 e. The Morgan fingerprint density at radius 2 is 2.33 bits per heavy atom. The van der Waals surface area contributed by atoms with Gasteiger partial charge in [0.05, 0.1) is 5.75 Å². The first-order valence-corrected chi connectivity index (χ1v) is 4.78. The maximum atomic E-state index is 10.7. The summed E-state index contributed by atoms with van der Waals surface area (Å²) in [6.07, 6.45) is 1.62. The first kappa shape index (κ1) is 6.81. The molecular formula is C6H10O2S. The highest BCUT2D eigenvalue weighted by Gasteiger charge is 2.15. The monoisotopic (exact) mass is 146 g/mol. The van der Waals surface area contributed by atoms with Gasteiger partial charge in [0.25, 0.3) is 0 Å². The van der Waals surface area contributed by atoms with Crippen molar-refractivity contribution in [2.75, 3.05) is 5.75 Å². The zero-order chi connectivity index (χ0) is 6.91. The summed E-state index contributed by atoms with van der Waals surface area (Å²) in [5, 5.41) is 1.41. The Kier molecular flexibility index (Phi) is 1.62. The van der Waals surface area contributed by atoms with Crippen LogP contribution in [0.1, 0.15) is 19.8 Å². The normalized spacial score (nSPS) is 23.9. The van der Waals surface area contributed by atoms with Crippen LogP contribution in [0.5, 0.6) is 0 Å². The molecule has 52 valence electrons. The molecule has 0 spiro atoms. The van der Waals surface area contributed by atoms with Crippen LogP contribution in [0.3, 0.4) is 0 Å². The Morgan fingerprint density at radius 1 is 1.67 bits per heavy atom. The first-order valence-electron chi connectivity index (χ1n) is 3.06. The van der Waals surface area contributed by atoms with Crippen LogP contribution < -0.4 is 0 Å². The molecule has 3 heteroatoms. The largest absolute Gasteiger partial charge is 0.224 e. The molecule has 1 heterocycles. The van der Waals surface area contributed by atoms with E-state index in [-0.39, 0.29) is 0 Å². The molecule has 0 fully saturated rings. The van der Waals surface area contributed by atoms with Crippen LogP contribution in [0.25, 0.3) is 0 Å². The fourth-order valence-electron chi connectivity index (χ4n) is 0.905. The van der Waals surface area contributed by atoms with Crippen LogP contribution >= 0.6 is 0 Å². The second-order valence-corrected chi connectivity index (χ2v) is 4.22. The van der Waals surface area contributed by atoms with Crippen LogP contribution in [-0.4, -0.2) is 14.2 Å². The van der Waals surface area contributed by atoms with Crippen molar-refractivity contribution in [3.05, 3.63) is 11.0 Å². The van der Waals surface area contributed by atoms with E-state index in [9.17, 15) is 8.42 Å². The number of allylic oxidation sites excluding steroid dienone is 1. The Morgan fingerprint density at radius 3 is 2.56 bits per heavy atom. The van der Waals surface area contributed by atoms with Gasteiger partial charge in [-0.25, -0.2) is 8.42 Å². The van der Waals surface area contributed by atoms with E-state index in [4.69, 9.17) is 0 Å². The van der Waals surface area contributed by atoms with Crippen molar-refractivity contribution in [3.8, 4) is 0 Å². The minimum atomic E-state index is -2.77. The third-order valence-electron chi connectivity index (χ3n) is 1.51. The number of rotatable bonds is 1. The second kappa shape index (κ2) is 2.14. The van der Waals surface area contributed by atoms with E-state index in [1.165, 1.54) is 5.41 Å². The van der Waals surface area contributed by atoms with Gasteiger partial charge in [-0.3, -0.25) is 0 Å². The molecule has 0 saturated carbocycles. The summed E-state index contributed by atoms with van der Waals surface area (Å²) in [6.45, 7) is 1.98. The fraction of sp³-hybridized carbons (Fsp3) is 0.667. The molecule has 0 amide bonds. The van der Waals surface area contributed by atoms with Crippen LogP contribution in [0.4, 0.5) is 0 Å². The van der Waals surface area contributed by atoms with Gasteiger partial charge in [-0.1, -0.05) is 12.5 Å². The van der Waals surface area contributed by atoms with Gasteiger partial charge in [-0.05, 0) is 12.8 Å². The highest BCUT2D eigenvalue weighted by atomic mass is 32.2. The molecule has 0 aromatic heterocycles. The first-order chi connectivity index (χ1) is 4.14. The lowest BCUT2D eigenvalue weighted by molar-refractivity contribution is 0.606. The predicted molar refractivity (Wildman–Crippen MR) is 36.8 cm³/mol. The van der Waals surface area contributed by atoms with E-state index >= 15 is 0 Å². The Bertz CT molecular complexity index is 223. The predicted octanol–water partition coefficient (Wildman–Crippen LogP) is 1.10. The van der Waals surface area contributed by atoms with Gasteiger partial charge in [0.15, 0.2) is 9.84 Å². The summed E-state index contributed by atoms with van der Waals surface area (Å²) < 4.78 is 21.4. The average molecular weight is 146 g/mol. The van der Waals surface area contributed by atoms with Crippen LogP contribution in [0.15, 0.2) is 11.0 Å². The van der Waals surface area contributed by atoms with Crippen molar-refractivity contribution in [2.24, 2.45) is 0 Å². The summed E-state index contributed by atoms with van der Waals surface area (Å²) in [5.41, 5.74) is 1.06. The maximum Gasteiger partial charge on any atom is 0.171 e. The second-order valence-electron chi connectivity index (χ2n) is 2.25. The van der Waals surface area contributed by atoms with Gasteiger partial charge >= 0.3 is 0 Å². The molecule has 0 N–H and O–H groups in total. The van der Waals surface area contributed by atoms with E-state index in [2.05, 4.69) is 0 Å². The summed E-state index contributed by atoms with van der Waals surface area (Å²) in [4.78, 5) is 0. The van der Waals surface area contributed by atoms with E-state index < -0.39 is 9.84 Å². The lowest BCUT2D eigenvalue weighted by Crippen LogP contribution is -1.92. The van der Waals surface area contributed by atoms with Crippen LogP contribution in [0, 0.1) is 0 Å². The van der Waals surface area contributed by atoms with E-state index in [1.807, 2.05) is 6.92 Å². The van der Waals surface area contributed by atoms with Gasteiger partial charge in [-0.15, -0.1) is 0 Å². The van der Waals surface area contributed by atoms with Crippen molar-refractivity contribution in [2.45, 2.75) is 19.8 Å². The van der Waals surface area contributed by atoms with Gasteiger partial charge in [0.1, 0.15) is 0 Å². The minimum absolute atomic E-state index is 0.330. The Labute approximate surface area is 55.5 Å². The molecule has 9 heavy (non-hydrogen) atoms. The molecule has 0 saturated heterocycles. The van der Waals surface area contributed by atoms with Gasteiger partial charge in [0, 0.05) is 5.41 Å². The van der Waals surface area contributed by atoms with Crippen LogP contribution in [-0.2, 0) is 9.84 Å². The molecule has 0 aromatic rings. The molecule has 0 aromatic carbocycles. The molecule has 0 atom stereocenters. The van der Waals surface area contributed by atoms with Gasteiger partial charge < -0.3 is 0 Å². The van der Waals surface area contributed by atoms with Gasteiger partial charge in [0.2, 0.25) is 0 Å².